The van der Waals surface area contributed by atoms with Gasteiger partial charge in [-0.15, -0.1) is 0 Å². The minimum atomic E-state index is -2.00. The first-order chi connectivity index (χ1) is 16.1. The van der Waals surface area contributed by atoms with Crippen LogP contribution in [0.3, 0.4) is 0 Å². The summed E-state index contributed by atoms with van der Waals surface area (Å²) in [4.78, 5) is 14.6. The molecule has 0 fully saturated rings. The van der Waals surface area contributed by atoms with Gasteiger partial charge in [-0.25, -0.2) is 0 Å². The Kier molecular flexibility index (Phi) is 9.05. The van der Waals surface area contributed by atoms with Crippen molar-refractivity contribution < 1.29 is 13.6 Å². The average molecular weight is 532 g/mol. The smallest absolute Gasteiger partial charge is 0.194 e. The Morgan fingerprint density at radius 1 is 0.806 bits per heavy atom. The number of ketones is 1. The Balaban J connectivity index is 2.44. The number of benzene rings is 1. The first-order valence-electron chi connectivity index (χ1n) is 13.5. The van der Waals surface area contributed by atoms with Crippen LogP contribution in [0.1, 0.15) is 87.6 Å². The lowest BCUT2D eigenvalue weighted by Gasteiger charge is -2.47. The fraction of sp³-hybridized carbons (Fsp3) is 0.700. The number of anilines is 1. The molecule has 0 saturated carbocycles. The highest BCUT2D eigenvalue weighted by atomic mass is 28.4. The highest BCUT2D eigenvalue weighted by Crippen LogP contribution is 2.42. The number of hydrogen-bond donors (Lipinski definition) is 0. The SMILES string of the molecule is CC(O[Si](C)(C)C(C)(C)C)N(c1ccc(C2=CC(=O)CC(C)(C)C2)cc1)C(C)O[Si](C)(C)C(C)(C)C. The molecule has 2 atom stereocenters. The van der Waals surface area contributed by atoms with Crippen molar-refractivity contribution in [1.29, 1.82) is 0 Å². The standard InChI is InChI=1S/C30H53NO3Si2/c1-22(33-35(11,12)28(3,4)5)31(23(2)34-36(13,14)29(6,7)8)26-17-15-24(16-18-26)25-19-27(32)21-30(9,10)20-25/h15-19,22-23H,20-21H2,1-14H3. The predicted molar refractivity (Wildman–Crippen MR) is 160 cm³/mol. The summed E-state index contributed by atoms with van der Waals surface area (Å²) in [5.41, 5.74) is 3.34. The molecule has 1 aromatic rings. The average Bonchev–Trinajstić information content (AvgIpc) is 2.64. The van der Waals surface area contributed by atoms with E-state index in [4.69, 9.17) is 8.85 Å². The Labute approximate surface area is 224 Å². The molecule has 0 amide bonds. The molecule has 6 heteroatoms. The van der Waals surface area contributed by atoms with Crippen LogP contribution in [0.4, 0.5) is 5.69 Å². The van der Waals surface area contributed by atoms with E-state index in [1.54, 1.807) is 0 Å². The van der Waals surface area contributed by atoms with E-state index < -0.39 is 16.6 Å². The van der Waals surface area contributed by atoms with Gasteiger partial charge in [0.1, 0.15) is 12.5 Å². The number of carbonyl (C=O) groups is 1. The van der Waals surface area contributed by atoms with Crippen LogP contribution in [0, 0.1) is 5.41 Å². The lowest BCUT2D eigenvalue weighted by Crippen LogP contribution is -2.54. The van der Waals surface area contributed by atoms with Crippen LogP contribution in [-0.4, -0.2) is 34.9 Å². The number of allylic oxidation sites excluding steroid dienone is 2. The van der Waals surface area contributed by atoms with Crippen LogP contribution < -0.4 is 4.90 Å². The quantitative estimate of drug-likeness (QED) is 0.248. The highest BCUT2D eigenvalue weighted by molar-refractivity contribution is 6.74. The van der Waals surface area contributed by atoms with Gasteiger partial charge in [-0.2, -0.15) is 0 Å². The molecule has 0 heterocycles. The lowest BCUT2D eigenvalue weighted by molar-refractivity contribution is -0.116. The molecule has 1 aliphatic carbocycles. The largest absolute Gasteiger partial charge is 0.397 e. The van der Waals surface area contributed by atoms with Gasteiger partial charge in [-0.3, -0.25) is 4.79 Å². The zero-order valence-corrected chi connectivity index (χ0v) is 27.6. The van der Waals surface area contributed by atoms with Gasteiger partial charge in [0.05, 0.1) is 0 Å². The Hall–Kier alpha value is -1.22. The second-order valence-corrected chi connectivity index (χ2v) is 24.1. The third-order valence-electron chi connectivity index (χ3n) is 8.52. The summed E-state index contributed by atoms with van der Waals surface area (Å²) >= 11 is 0. The van der Waals surface area contributed by atoms with E-state index in [0.29, 0.717) is 6.42 Å². The Morgan fingerprint density at radius 3 is 1.58 bits per heavy atom. The summed E-state index contributed by atoms with van der Waals surface area (Å²) in [5, 5.41) is 0.236. The molecule has 0 radical (unpaired) electrons. The minimum Gasteiger partial charge on any atom is -0.397 e. The Bertz CT molecular complexity index is 916. The van der Waals surface area contributed by atoms with Gasteiger partial charge in [-0.1, -0.05) is 67.5 Å². The summed E-state index contributed by atoms with van der Waals surface area (Å²) in [6, 6.07) is 8.64. The molecule has 0 aliphatic heterocycles. The monoisotopic (exact) mass is 531 g/mol. The van der Waals surface area contributed by atoms with E-state index in [1.807, 2.05) is 6.08 Å². The molecule has 0 bridgehead atoms. The first kappa shape index (κ1) is 31.0. The molecule has 2 unspecified atom stereocenters. The van der Waals surface area contributed by atoms with Crippen molar-refractivity contribution in [3.05, 3.63) is 35.9 Å². The minimum absolute atomic E-state index is 0.00289. The summed E-state index contributed by atoms with van der Waals surface area (Å²) in [6.45, 7) is 31.6. The number of carbonyl (C=O) groups excluding carboxylic acids is 1. The molecule has 1 aromatic carbocycles. The van der Waals surface area contributed by atoms with Gasteiger partial charge in [0.15, 0.2) is 22.4 Å². The highest BCUT2D eigenvalue weighted by Gasteiger charge is 2.43. The normalized spacial score (nSPS) is 19.1. The van der Waals surface area contributed by atoms with Crippen LogP contribution in [0.2, 0.25) is 36.3 Å². The van der Waals surface area contributed by atoms with Gasteiger partial charge in [0, 0.05) is 12.1 Å². The van der Waals surface area contributed by atoms with Crippen LogP contribution in [0.5, 0.6) is 0 Å². The summed E-state index contributed by atoms with van der Waals surface area (Å²) in [7, 11) is -4.00. The second kappa shape index (κ2) is 10.5. The topological polar surface area (TPSA) is 38.8 Å². The van der Waals surface area contributed by atoms with E-state index in [9.17, 15) is 4.79 Å². The van der Waals surface area contributed by atoms with E-state index in [2.05, 4.69) is 125 Å². The number of rotatable bonds is 8. The molecule has 1 aliphatic rings. The third-order valence-corrected chi connectivity index (χ3v) is 17.6. The predicted octanol–water partition coefficient (Wildman–Crippen LogP) is 9.00. The molecule has 2 rings (SSSR count). The Morgan fingerprint density at radius 2 is 1.22 bits per heavy atom. The maximum Gasteiger partial charge on any atom is 0.194 e. The van der Waals surface area contributed by atoms with E-state index in [0.717, 1.165) is 23.2 Å². The summed E-state index contributed by atoms with van der Waals surface area (Å²) in [5.74, 6) is 0.222. The van der Waals surface area contributed by atoms with Crippen molar-refractivity contribution in [2.24, 2.45) is 5.41 Å². The third kappa shape index (κ3) is 7.43. The molecule has 0 aromatic heterocycles. The molecule has 0 saturated heterocycles. The number of hydrogen-bond acceptors (Lipinski definition) is 4. The van der Waals surface area contributed by atoms with Gasteiger partial charge >= 0.3 is 0 Å². The molecule has 36 heavy (non-hydrogen) atoms. The second-order valence-electron chi connectivity index (χ2n) is 14.6. The van der Waals surface area contributed by atoms with Crippen LogP contribution in [-0.2, 0) is 13.6 Å². The summed E-state index contributed by atoms with van der Waals surface area (Å²) in [6.07, 6.45) is 3.10. The van der Waals surface area contributed by atoms with Gasteiger partial charge in [0.25, 0.3) is 0 Å². The molecular formula is C30H53NO3Si2. The summed E-state index contributed by atoms with van der Waals surface area (Å²) < 4.78 is 13.7. The van der Waals surface area contributed by atoms with Crippen molar-refractivity contribution in [2.45, 2.75) is 131 Å². The number of nitrogens with zero attached hydrogens (tertiary/aromatic N) is 1. The molecule has 4 nitrogen and oxygen atoms in total. The molecule has 0 N–H and O–H groups in total. The van der Waals surface area contributed by atoms with Crippen molar-refractivity contribution in [1.82, 2.24) is 0 Å². The maximum absolute atomic E-state index is 12.3. The lowest BCUT2D eigenvalue weighted by atomic mass is 9.75. The molecule has 204 valence electrons. The van der Waals surface area contributed by atoms with Crippen LogP contribution in [0.25, 0.3) is 5.57 Å². The van der Waals surface area contributed by atoms with Crippen molar-refractivity contribution in [2.75, 3.05) is 4.90 Å². The fourth-order valence-corrected chi connectivity index (χ4v) is 7.05. The molecular weight excluding hydrogens is 479 g/mol. The fourth-order valence-electron chi connectivity index (χ4n) is 4.41. The van der Waals surface area contributed by atoms with Crippen LogP contribution >= 0.6 is 0 Å². The molecule has 0 spiro atoms. The van der Waals surface area contributed by atoms with E-state index >= 15 is 0 Å². The van der Waals surface area contributed by atoms with Crippen molar-refractivity contribution in [3.8, 4) is 0 Å². The van der Waals surface area contributed by atoms with Gasteiger partial charge < -0.3 is 13.8 Å². The van der Waals surface area contributed by atoms with Gasteiger partial charge in [0.2, 0.25) is 0 Å². The van der Waals surface area contributed by atoms with Crippen molar-refractivity contribution in [3.63, 3.8) is 0 Å². The maximum atomic E-state index is 12.3. The zero-order valence-electron chi connectivity index (χ0n) is 25.6. The zero-order chi connectivity index (χ0) is 27.9. The van der Waals surface area contributed by atoms with E-state index in [-0.39, 0.29) is 33.7 Å². The first-order valence-corrected chi connectivity index (χ1v) is 19.4. The van der Waals surface area contributed by atoms with Crippen LogP contribution in [0.15, 0.2) is 30.3 Å². The van der Waals surface area contributed by atoms with E-state index in [1.165, 1.54) is 0 Å². The van der Waals surface area contributed by atoms with Gasteiger partial charge in [-0.05, 0) is 91.3 Å². The van der Waals surface area contributed by atoms with Crippen molar-refractivity contribution >= 4 is 33.7 Å².